The molecule has 13 heteroatoms. The van der Waals surface area contributed by atoms with E-state index >= 15 is 0 Å². The van der Waals surface area contributed by atoms with E-state index in [4.69, 9.17) is 4.94 Å². The highest BCUT2D eigenvalue weighted by atomic mass is 32.2. The lowest BCUT2D eigenvalue weighted by atomic mass is 10.2. The van der Waals surface area contributed by atoms with Gasteiger partial charge in [-0.2, -0.15) is 25.9 Å². The van der Waals surface area contributed by atoms with Gasteiger partial charge in [-0.3, -0.25) is 0 Å². The molecule has 0 unspecified atom stereocenters. The Morgan fingerprint density at radius 2 is 1.64 bits per heavy atom. The normalized spacial score (nSPS) is 19.0. The zero-order valence-electron chi connectivity index (χ0n) is 13.8. The van der Waals surface area contributed by atoms with Gasteiger partial charge in [-0.05, 0) is 12.1 Å². The van der Waals surface area contributed by atoms with Crippen LogP contribution in [-0.4, -0.2) is 61.4 Å². The summed E-state index contributed by atoms with van der Waals surface area (Å²) in [5, 5.41) is 0. The molecule has 0 amide bonds. The molecule has 0 saturated carbocycles. The molecule has 1 aromatic rings. The highest BCUT2D eigenvalue weighted by Crippen LogP contribution is 2.42. The zero-order valence-corrected chi connectivity index (χ0v) is 15.4. The number of rotatable bonds is 5. The van der Waals surface area contributed by atoms with Crippen molar-refractivity contribution in [2.75, 3.05) is 55.1 Å². The molecule has 0 radical (unpaired) electrons. The van der Waals surface area contributed by atoms with E-state index in [-0.39, 0.29) is 0 Å². The number of piperazine rings is 1. The number of hydrogen-bond acceptors (Lipinski definition) is 7. The summed E-state index contributed by atoms with van der Waals surface area (Å²) in [5.74, 6) is 0. The first-order valence-corrected chi connectivity index (χ1v) is 10.4. The second-order valence-corrected chi connectivity index (χ2v) is 8.96. The molecule has 140 valence electrons. The maximum Gasteiger partial charge on any atom is 0.326 e. The van der Waals surface area contributed by atoms with Gasteiger partial charge in [0.15, 0.2) is 0 Å². The van der Waals surface area contributed by atoms with Crippen molar-refractivity contribution in [3.63, 3.8) is 0 Å². The second kappa shape index (κ2) is 6.59. The monoisotopic (exact) mass is 392 g/mol. The van der Waals surface area contributed by atoms with Gasteiger partial charge in [0, 0.05) is 40.3 Å². The van der Waals surface area contributed by atoms with Crippen LogP contribution in [0.5, 0.6) is 0 Å². The third-order valence-electron chi connectivity index (χ3n) is 4.09. The molecule has 0 spiro atoms. The Labute approximate surface area is 146 Å². The zero-order chi connectivity index (χ0) is 18.2. The van der Waals surface area contributed by atoms with Crippen LogP contribution in [0.4, 0.5) is 17.1 Å². The van der Waals surface area contributed by atoms with Crippen LogP contribution in [0.25, 0.3) is 0 Å². The van der Waals surface area contributed by atoms with E-state index in [2.05, 4.69) is 14.9 Å². The standard InChI is InChI=1S/C12H20N6O5S2/c1-13-24(19,20)17-8-6-16(7-9-17)11-5-3-4-10-12(11)18(23-15-10)25(21,22)14-2/h3-5,13-15H,6-9H2,1-2H3. The molecule has 3 N–H and O–H groups in total. The second-order valence-electron chi connectivity index (χ2n) is 5.40. The molecular weight excluding hydrogens is 372 g/mol. The summed E-state index contributed by atoms with van der Waals surface area (Å²) < 4.78 is 54.7. The topological polar surface area (TPSA) is 123 Å². The van der Waals surface area contributed by atoms with E-state index in [1.165, 1.54) is 18.4 Å². The van der Waals surface area contributed by atoms with Crippen molar-refractivity contribution >= 4 is 37.5 Å². The SMILES string of the molecule is CNS(=O)(=O)N1CCN(c2cccc3c2N(S(=O)(=O)NC)ON3)CC1. The summed E-state index contributed by atoms with van der Waals surface area (Å²) in [7, 11) is -4.67. The van der Waals surface area contributed by atoms with Crippen molar-refractivity contribution in [3.8, 4) is 0 Å². The summed E-state index contributed by atoms with van der Waals surface area (Å²) in [6.45, 7) is 1.43. The fourth-order valence-corrected chi connectivity index (χ4v) is 4.38. The van der Waals surface area contributed by atoms with E-state index in [9.17, 15) is 16.8 Å². The third kappa shape index (κ3) is 3.26. The Morgan fingerprint density at radius 1 is 1.00 bits per heavy atom. The minimum atomic E-state index is -3.85. The van der Waals surface area contributed by atoms with Crippen LogP contribution >= 0.6 is 0 Å². The Balaban J connectivity index is 1.88. The van der Waals surface area contributed by atoms with E-state index in [0.717, 1.165) is 4.47 Å². The largest absolute Gasteiger partial charge is 0.367 e. The van der Waals surface area contributed by atoms with Crippen LogP contribution < -0.4 is 24.3 Å². The predicted octanol–water partition coefficient (Wildman–Crippen LogP) is -1.18. The van der Waals surface area contributed by atoms with Gasteiger partial charge < -0.3 is 4.90 Å². The van der Waals surface area contributed by atoms with Crippen LogP contribution in [-0.2, 0) is 25.4 Å². The fourth-order valence-electron chi connectivity index (χ4n) is 2.75. The molecule has 25 heavy (non-hydrogen) atoms. The molecule has 2 aliphatic rings. The van der Waals surface area contributed by atoms with Gasteiger partial charge in [0.2, 0.25) is 0 Å². The van der Waals surface area contributed by atoms with Crippen LogP contribution in [0.3, 0.4) is 0 Å². The summed E-state index contributed by atoms with van der Waals surface area (Å²) in [5.41, 5.74) is 4.10. The highest BCUT2D eigenvalue weighted by molar-refractivity contribution is 7.90. The van der Waals surface area contributed by atoms with Crippen molar-refractivity contribution in [2.45, 2.75) is 0 Å². The van der Waals surface area contributed by atoms with Gasteiger partial charge in [-0.25, -0.2) is 10.2 Å². The Hall–Kier alpha value is -1.64. The quantitative estimate of drug-likeness (QED) is 0.576. The van der Waals surface area contributed by atoms with Gasteiger partial charge in [0.25, 0.3) is 10.2 Å². The van der Waals surface area contributed by atoms with E-state index in [1.807, 2.05) is 4.90 Å². The van der Waals surface area contributed by atoms with Gasteiger partial charge in [0.1, 0.15) is 5.69 Å². The number of anilines is 3. The van der Waals surface area contributed by atoms with Crippen LogP contribution in [0.15, 0.2) is 18.2 Å². The number of para-hydroxylation sites is 1. The third-order valence-corrected chi connectivity index (χ3v) is 6.86. The Kier molecular flexibility index (Phi) is 4.78. The van der Waals surface area contributed by atoms with Crippen LogP contribution in [0, 0.1) is 0 Å². The van der Waals surface area contributed by atoms with Crippen LogP contribution in [0.1, 0.15) is 0 Å². The highest BCUT2D eigenvalue weighted by Gasteiger charge is 2.35. The minimum absolute atomic E-state index is 0.292. The van der Waals surface area contributed by atoms with E-state index < -0.39 is 20.4 Å². The first kappa shape index (κ1) is 18.2. The predicted molar refractivity (Wildman–Crippen MR) is 93.4 cm³/mol. The molecule has 1 aromatic carbocycles. The molecule has 2 aliphatic heterocycles. The Morgan fingerprint density at radius 3 is 2.24 bits per heavy atom. The smallest absolute Gasteiger partial charge is 0.326 e. The van der Waals surface area contributed by atoms with Gasteiger partial charge in [-0.1, -0.05) is 6.07 Å². The molecular formula is C12H20N6O5S2. The molecule has 0 atom stereocenters. The van der Waals surface area contributed by atoms with E-state index in [1.54, 1.807) is 18.2 Å². The number of nitrogens with zero attached hydrogens (tertiary/aromatic N) is 3. The maximum absolute atomic E-state index is 12.2. The molecule has 2 heterocycles. The van der Waals surface area contributed by atoms with Crippen molar-refractivity contribution in [1.82, 2.24) is 13.7 Å². The van der Waals surface area contributed by atoms with Crippen molar-refractivity contribution < 1.29 is 21.8 Å². The average Bonchev–Trinajstić information content (AvgIpc) is 3.07. The molecule has 0 bridgehead atoms. The van der Waals surface area contributed by atoms with E-state index in [0.29, 0.717) is 43.2 Å². The molecule has 11 nitrogen and oxygen atoms in total. The lowest BCUT2D eigenvalue weighted by molar-refractivity contribution is 0.228. The molecule has 3 rings (SSSR count). The molecule has 1 saturated heterocycles. The first-order valence-electron chi connectivity index (χ1n) is 7.53. The number of nitrogens with one attached hydrogen (secondary N) is 3. The molecule has 0 aliphatic carbocycles. The fraction of sp³-hybridized carbons (Fsp3) is 0.500. The number of benzene rings is 1. The molecule has 1 fully saturated rings. The van der Waals surface area contributed by atoms with Crippen molar-refractivity contribution in [1.29, 1.82) is 0 Å². The van der Waals surface area contributed by atoms with Crippen LogP contribution in [0.2, 0.25) is 0 Å². The number of fused-ring (bicyclic) bond motifs is 1. The Bertz CT molecular complexity index is 851. The van der Waals surface area contributed by atoms with Crippen molar-refractivity contribution in [3.05, 3.63) is 18.2 Å². The maximum atomic E-state index is 12.2. The van der Waals surface area contributed by atoms with Gasteiger partial charge in [0.05, 0.1) is 11.4 Å². The summed E-state index contributed by atoms with van der Waals surface area (Å²) in [6, 6.07) is 5.25. The lowest BCUT2D eigenvalue weighted by Crippen LogP contribution is -2.51. The lowest BCUT2D eigenvalue weighted by Gasteiger charge is -2.36. The van der Waals surface area contributed by atoms with Crippen molar-refractivity contribution in [2.24, 2.45) is 0 Å². The van der Waals surface area contributed by atoms with Gasteiger partial charge >= 0.3 is 10.2 Å². The minimum Gasteiger partial charge on any atom is -0.367 e. The molecule has 0 aromatic heterocycles. The average molecular weight is 392 g/mol. The number of hydrogen-bond donors (Lipinski definition) is 3. The van der Waals surface area contributed by atoms with Gasteiger partial charge in [-0.15, -0.1) is 9.41 Å². The summed E-state index contributed by atoms with van der Waals surface area (Å²) in [6.07, 6.45) is 0. The summed E-state index contributed by atoms with van der Waals surface area (Å²) >= 11 is 0. The summed E-state index contributed by atoms with van der Waals surface area (Å²) in [4.78, 5) is 7.02. The first-order chi connectivity index (χ1) is 11.8.